The lowest BCUT2D eigenvalue weighted by atomic mass is 10.1. The van der Waals surface area contributed by atoms with Crippen LogP contribution in [-0.4, -0.2) is 31.7 Å². The van der Waals surface area contributed by atoms with Crippen molar-refractivity contribution in [1.29, 1.82) is 0 Å². The number of nitrogens with one attached hydrogen (secondary N) is 1. The molecule has 0 radical (unpaired) electrons. The van der Waals surface area contributed by atoms with Crippen LogP contribution in [-0.2, 0) is 27.8 Å². The molecular weight excluding hydrogens is 374 g/mol. The Labute approximate surface area is 155 Å². The number of carbonyl (C=O) groups excluding carboxylic acids is 2. The van der Waals surface area contributed by atoms with Crippen LogP contribution in [0.1, 0.15) is 20.8 Å². The van der Waals surface area contributed by atoms with Crippen LogP contribution in [0.3, 0.4) is 0 Å². The van der Waals surface area contributed by atoms with Gasteiger partial charge in [0.25, 0.3) is 5.91 Å². The fourth-order valence-corrected chi connectivity index (χ4v) is 4.69. The Balaban J connectivity index is 1.79. The SMILES string of the molecule is C=CC(=O)Nc1cccc(C(=O)N2CCc3sc(S(N)(=O)=O)cc3C2)c1. The zero-order chi connectivity index (χ0) is 18.9. The normalized spacial score (nSPS) is 13.8. The molecule has 3 N–H and O–H groups in total. The number of sulfonamides is 1. The summed E-state index contributed by atoms with van der Waals surface area (Å²) in [6.45, 7) is 4.20. The molecule has 9 heteroatoms. The molecule has 1 aromatic heterocycles. The van der Waals surface area contributed by atoms with E-state index in [4.69, 9.17) is 5.14 Å². The fraction of sp³-hybridized carbons (Fsp3) is 0.176. The van der Waals surface area contributed by atoms with Crippen molar-refractivity contribution in [3.63, 3.8) is 0 Å². The van der Waals surface area contributed by atoms with Crippen LogP contribution in [0.5, 0.6) is 0 Å². The number of rotatable bonds is 4. The van der Waals surface area contributed by atoms with Gasteiger partial charge in [-0.05, 0) is 42.3 Å². The van der Waals surface area contributed by atoms with Crippen LogP contribution in [0.25, 0.3) is 0 Å². The Kier molecular flexibility index (Phi) is 4.94. The van der Waals surface area contributed by atoms with E-state index < -0.39 is 10.0 Å². The largest absolute Gasteiger partial charge is 0.334 e. The molecule has 7 nitrogen and oxygen atoms in total. The van der Waals surface area contributed by atoms with Gasteiger partial charge >= 0.3 is 0 Å². The maximum atomic E-state index is 12.8. The lowest BCUT2D eigenvalue weighted by Crippen LogP contribution is -2.35. The van der Waals surface area contributed by atoms with Gasteiger partial charge in [0, 0.05) is 29.2 Å². The van der Waals surface area contributed by atoms with Crippen LogP contribution in [0.2, 0.25) is 0 Å². The molecule has 1 aromatic carbocycles. The first-order valence-electron chi connectivity index (χ1n) is 7.75. The third kappa shape index (κ3) is 3.85. The Hall–Kier alpha value is -2.49. The molecule has 0 aliphatic carbocycles. The van der Waals surface area contributed by atoms with E-state index in [1.807, 2.05) is 0 Å². The van der Waals surface area contributed by atoms with Gasteiger partial charge < -0.3 is 10.2 Å². The maximum Gasteiger partial charge on any atom is 0.254 e. The van der Waals surface area contributed by atoms with E-state index in [0.29, 0.717) is 30.8 Å². The van der Waals surface area contributed by atoms with Crippen molar-refractivity contribution >= 4 is 38.9 Å². The summed E-state index contributed by atoms with van der Waals surface area (Å²) in [5.74, 6) is -0.542. The summed E-state index contributed by atoms with van der Waals surface area (Å²) in [6, 6.07) is 8.18. The highest BCUT2D eigenvalue weighted by Gasteiger charge is 2.26. The van der Waals surface area contributed by atoms with E-state index in [-0.39, 0.29) is 16.0 Å². The molecule has 0 unspecified atom stereocenters. The van der Waals surface area contributed by atoms with E-state index in [1.54, 1.807) is 29.2 Å². The molecule has 1 aliphatic rings. The molecule has 0 bridgehead atoms. The minimum Gasteiger partial charge on any atom is -0.334 e. The molecule has 0 fully saturated rings. The van der Waals surface area contributed by atoms with Gasteiger partial charge in [-0.2, -0.15) is 0 Å². The molecule has 2 heterocycles. The van der Waals surface area contributed by atoms with Crippen LogP contribution in [0.15, 0.2) is 47.2 Å². The third-order valence-electron chi connectivity index (χ3n) is 3.97. The van der Waals surface area contributed by atoms with Gasteiger partial charge in [0.2, 0.25) is 15.9 Å². The minimum absolute atomic E-state index is 0.117. The summed E-state index contributed by atoms with van der Waals surface area (Å²) in [7, 11) is -3.74. The summed E-state index contributed by atoms with van der Waals surface area (Å²) in [5, 5.41) is 7.80. The van der Waals surface area contributed by atoms with E-state index in [2.05, 4.69) is 11.9 Å². The van der Waals surface area contributed by atoms with Crippen molar-refractivity contribution in [1.82, 2.24) is 4.90 Å². The predicted molar refractivity (Wildman–Crippen MR) is 99.4 cm³/mol. The monoisotopic (exact) mass is 391 g/mol. The van der Waals surface area contributed by atoms with Crippen molar-refractivity contribution < 1.29 is 18.0 Å². The average molecular weight is 391 g/mol. The highest BCUT2D eigenvalue weighted by molar-refractivity contribution is 7.91. The van der Waals surface area contributed by atoms with Crippen molar-refractivity contribution in [2.45, 2.75) is 17.2 Å². The van der Waals surface area contributed by atoms with E-state index in [1.165, 1.54) is 6.07 Å². The molecule has 136 valence electrons. The number of nitrogens with zero attached hydrogens (tertiary/aromatic N) is 1. The second-order valence-electron chi connectivity index (χ2n) is 5.81. The second-order valence-corrected chi connectivity index (χ2v) is 8.73. The highest BCUT2D eigenvalue weighted by Crippen LogP contribution is 2.31. The van der Waals surface area contributed by atoms with Crippen LogP contribution < -0.4 is 10.5 Å². The first-order chi connectivity index (χ1) is 12.3. The van der Waals surface area contributed by atoms with Crippen LogP contribution in [0, 0.1) is 0 Å². The van der Waals surface area contributed by atoms with E-state index in [9.17, 15) is 18.0 Å². The summed E-state index contributed by atoms with van der Waals surface area (Å²) in [5.41, 5.74) is 1.75. The Morgan fingerprint density at radius 3 is 2.77 bits per heavy atom. The zero-order valence-corrected chi connectivity index (χ0v) is 15.4. The molecular formula is C17H17N3O4S2. The maximum absolute atomic E-state index is 12.8. The standard InChI is InChI=1S/C17H17N3O4S2/c1-2-15(21)19-13-5-3-4-11(8-13)17(22)20-7-6-14-12(10-20)9-16(25-14)26(18,23)24/h2-5,8-9H,1,6-7,10H2,(H,19,21)(H2,18,23,24). The third-order valence-corrected chi connectivity index (χ3v) is 6.63. The van der Waals surface area contributed by atoms with Crippen molar-refractivity contribution in [2.75, 3.05) is 11.9 Å². The molecule has 3 rings (SSSR count). The Morgan fingerprint density at radius 1 is 1.31 bits per heavy atom. The molecule has 1 aliphatic heterocycles. The molecule has 0 spiro atoms. The van der Waals surface area contributed by atoms with Crippen LogP contribution >= 0.6 is 11.3 Å². The number of primary sulfonamides is 1. The van der Waals surface area contributed by atoms with Gasteiger partial charge in [0.1, 0.15) is 4.21 Å². The molecule has 0 atom stereocenters. The predicted octanol–water partition coefficient (Wildman–Crippen LogP) is 1.72. The smallest absolute Gasteiger partial charge is 0.254 e. The van der Waals surface area contributed by atoms with Crippen molar-refractivity contribution in [3.05, 3.63) is 59.0 Å². The highest BCUT2D eigenvalue weighted by atomic mass is 32.2. The Bertz CT molecular complexity index is 995. The number of hydrogen-bond acceptors (Lipinski definition) is 5. The summed E-state index contributed by atoms with van der Waals surface area (Å²) in [4.78, 5) is 26.8. The lowest BCUT2D eigenvalue weighted by molar-refractivity contribution is -0.111. The van der Waals surface area contributed by atoms with Gasteiger partial charge in [-0.15, -0.1) is 11.3 Å². The van der Waals surface area contributed by atoms with Crippen molar-refractivity contribution in [2.24, 2.45) is 5.14 Å². The number of carbonyl (C=O) groups is 2. The summed E-state index contributed by atoms with van der Waals surface area (Å²) >= 11 is 1.16. The zero-order valence-electron chi connectivity index (χ0n) is 13.8. The molecule has 2 amide bonds. The molecule has 0 saturated carbocycles. The summed E-state index contributed by atoms with van der Waals surface area (Å²) < 4.78 is 23.1. The quantitative estimate of drug-likeness (QED) is 0.773. The molecule has 26 heavy (non-hydrogen) atoms. The first-order valence-corrected chi connectivity index (χ1v) is 10.1. The fourth-order valence-electron chi connectivity index (χ4n) is 2.73. The molecule has 0 saturated heterocycles. The topological polar surface area (TPSA) is 110 Å². The average Bonchev–Trinajstić information content (AvgIpc) is 3.05. The molecule has 2 aromatic rings. The Morgan fingerprint density at radius 2 is 2.08 bits per heavy atom. The van der Waals surface area contributed by atoms with E-state index in [0.717, 1.165) is 27.9 Å². The minimum atomic E-state index is -3.74. The van der Waals surface area contributed by atoms with Gasteiger partial charge in [0.05, 0.1) is 0 Å². The number of anilines is 1. The number of thiophene rings is 1. The van der Waals surface area contributed by atoms with Gasteiger partial charge in [-0.25, -0.2) is 13.6 Å². The number of benzene rings is 1. The van der Waals surface area contributed by atoms with Gasteiger partial charge in [0.15, 0.2) is 0 Å². The number of hydrogen-bond donors (Lipinski definition) is 2. The number of fused-ring (bicyclic) bond motifs is 1. The number of nitrogens with two attached hydrogens (primary N) is 1. The van der Waals surface area contributed by atoms with Crippen LogP contribution in [0.4, 0.5) is 5.69 Å². The first kappa shape index (κ1) is 18.3. The summed E-state index contributed by atoms with van der Waals surface area (Å²) in [6.07, 6.45) is 1.73. The van der Waals surface area contributed by atoms with E-state index >= 15 is 0 Å². The van der Waals surface area contributed by atoms with Gasteiger partial charge in [-0.3, -0.25) is 9.59 Å². The number of amides is 2. The van der Waals surface area contributed by atoms with Crippen molar-refractivity contribution in [3.8, 4) is 0 Å². The van der Waals surface area contributed by atoms with Gasteiger partial charge in [-0.1, -0.05) is 12.6 Å². The second kappa shape index (κ2) is 7.02. The lowest BCUT2D eigenvalue weighted by Gasteiger charge is -2.27.